The van der Waals surface area contributed by atoms with Crippen LogP contribution in [0.2, 0.25) is 0 Å². The van der Waals surface area contributed by atoms with Crippen LogP contribution in [-0.2, 0) is 0 Å². The number of nitrogens with zero attached hydrogens (tertiary/aromatic N) is 2. The Bertz CT molecular complexity index is 2830. The average molecular weight is 620 g/mol. The molecule has 10 aromatic rings. The van der Waals surface area contributed by atoms with E-state index in [9.17, 15) is 0 Å². The van der Waals surface area contributed by atoms with Crippen LogP contribution in [0, 0.1) is 0 Å². The Labute approximate surface area is 275 Å². The zero-order valence-electron chi connectivity index (χ0n) is 25.7. The second-order valence-corrected chi connectivity index (χ2v) is 13.3. The van der Waals surface area contributed by atoms with Gasteiger partial charge in [0.2, 0.25) is 0 Å². The fourth-order valence-corrected chi connectivity index (χ4v) is 8.73. The fraction of sp³-hybridized carbons (Fsp3) is 0.0233. The Hall–Kier alpha value is -5.84. The van der Waals surface area contributed by atoms with Crippen molar-refractivity contribution in [2.24, 2.45) is 0 Å². The van der Waals surface area contributed by atoms with Gasteiger partial charge in [0.25, 0.3) is 0 Å². The molecule has 3 nitrogen and oxygen atoms in total. The number of aromatic nitrogens is 2. The molecule has 0 aliphatic carbocycles. The van der Waals surface area contributed by atoms with E-state index in [1.54, 1.807) is 0 Å². The van der Waals surface area contributed by atoms with Crippen molar-refractivity contribution in [3.05, 3.63) is 152 Å². The molecule has 0 spiro atoms. The first-order valence-corrected chi connectivity index (χ1v) is 16.8. The second kappa shape index (κ2) is 10.1. The first-order valence-electron chi connectivity index (χ1n) is 16.0. The summed E-state index contributed by atoms with van der Waals surface area (Å²) >= 11 is 1.88. The Kier molecular flexibility index (Phi) is 5.66. The van der Waals surface area contributed by atoms with Crippen LogP contribution in [0.5, 0.6) is 0 Å². The third-order valence-electron chi connectivity index (χ3n) is 9.72. The number of hydrogen-bond acceptors (Lipinski definition) is 2. The highest BCUT2D eigenvalue weighted by atomic mass is 32.1. The van der Waals surface area contributed by atoms with Gasteiger partial charge in [0.15, 0.2) is 0 Å². The zero-order chi connectivity index (χ0) is 31.1. The largest absolute Gasteiger partial charge is 0.388 e. The highest BCUT2D eigenvalue weighted by Crippen LogP contribution is 2.42. The minimum atomic E-state index is 1.11. The molecule has 7 aromatic carbocycles. The van der Waals surface area contributed by atoms with Crippen molar-refractivity contribution in [2.45, 2.75) is 0 Å². The summed E-state index contributed by atoms with van der Waals surface area (Å²) in [4.78, 5) is 0. The molecule has 0 saturated heterocycles. The number of hydrogen-bond donors (Lipinski definition) is 1. The predicted molar refractivity (Wildman–Crippen MR) is 203 cm³/mol. The normalized spacial score (nSPS) is 11.9. The minimum absolute atomic E-state index is 1.11. The van der Waals surface area contributed by atoms with E-state index >= 15 is 0 Å². The molecule has 0 atom stereocenters. The zero-order valence-corrected chi connectivity index (χ0v) is 26.6. The summed E-state index contributed by atoms with van der Waals surface area (Å²) in [6.45, 7) is 0. The maximum Gasteiger partial charge on any atom is 0.0640 e. The molecule has 3 aromatic heterocycles. The van der Waals surface area contributed by atoms with Crippen molar-refractivity contribution >= 4 is 80.8 Å². The lowest BCUT2D eigenvalue weighted by molar-refractivity contribution is 1.18. The molecule has 0 amide bonds. The molecule has 0 aliphatic heterocycles. The summed E-state index contributed by atoms with van der Waals surface area (Å²) in [6, 6.07) is 55.6. The molecule has 1 N–H and O–H groups in total. The summed E-state index contributed by atoms with van der Waals surface area (Å²) in [5, 5.41) is 10.9. The SMILES string of the molecule is CNc1ccc(-n2c3ccccc3c3cc(-c4ccc5c(c4)c4ccccc4n5-c4cccc5c4sc4ccccc45)ccc32)cc1. The number of para-hydroxylation sites is 2. The lowest BCUT2D eigenvalue weighted by atomic mass is 10.0. The van der Waals surface area contributed by atoms with Gasteiger partial charge in [0, 0.05) is 55.4 Å². The van der Waals surface area contributed by atoms with Crippen molar-refractivity contribution in [1.29, 1.82) is 0 Å². The minimum Gasteiger partial charge on any atom is -0.388 e. The van der Waals surface area contributed by atoms with E-state index in [0.29, 0.717) is 0 Å². The number of benzene rings is 7. The predicted octanol–water partition coefficient (Wildman–Crippen LogP) is 12.0. The summed E-state index contributed by atoms with van der Waals surface area (Å²) in [5.74, 6) is 0. The van der Waals surface area contributed by atoms with Crippen LogP contribution in [-0.4, -0.2) is 16.2 Å². The number of nitrogens with one attached hydrogen (secondary N) is 1. The third kappa shape index (κ3) is 3.86. The Morgan fingerprint density at radius 2 is 1.00 bits per heavy atom. The Morgan fingerprint density at radius 1 is 0.447 bits per heavy atom. The summed E-state index contributed by atoms with van der Waals surface area (Å²) < 4.78 is 7.48. The van der Waals surface area contributed by atoms with Gasteiger partial charge in [-0.05, 0) is 83.9 Å². The molecular weight excluding hydrogens is 591 g/mol. The highest BCUT2D eigenvalue weighted by Gasteiger charge is 2.18. The Morgan fingerprint density at radius 3 is 1.68 bits per heavy atom. The number of thiophene rings is 1. The van der Waals surface area contributed by atoms with Crippen molar-refractivity contribution < 1.29 is 0 Å². The van der Waals surface area contributed by atoms with E-state index in [1.807, 2.05) is 18.4 Å². The molecular formula is C43H29N3S. The Balaban J connectivity index is 1.18. The van der Waals surface area contributed by atoms with Crippen LogP contribution in [0.25, 0.3) is 86.3 Å². The first-order chi connectivity index (χ1) is 23.3. The lowest BCUT2D eigenvalue weighted by Gasteiger charge is -2.10. The van der Waals surface area contributed by atoms with Crippen LogP contribution in [0.15, 0.2) is 152 Å². The van der Waals surface area contributed by atoms with Crippen molar-refractivity contribution in [2.75, 3.05) is 12.4 Å². The van der Waals surface area contributed by atoms with E-state index < -0.39 is 0 Å². The van der Waals surface area contributed by atoms with Crippen molar-refractivity contribution in [3.8, 4) is 22.5 Å². The summed E-state index contributed by atoms with van der Waals surface area (Å²) in [6.07, 6.45) is 0. The molecule has 47 heavy (non-hydrogen) atoms. The lowest BCUT2D eigenvalue weighted by Crippen LogP contribution is -1.95. The standard InChI is InChI=1S/C43H29N3S/c1-44-29-19-21-30(22-20-29)45-37-13-5-2-9-31(37)35-25-27(17-23-39(35)45)28-18-24-40-36(26-28)32-10-3-6-14-38(32)46(40)41-15-8-12-34-33-11-4-7-16-42(33)47-43(34)41/h2-26,44H,1H3. The maximum atomic E-state index is 3.24. The number of anilines is 1. The van der Waals surface area contributed by atoms with Crippen molar-refractivity contribution in [1.82, 2.24) is 9.13 Å². The van der Waals surface area contributed by atoms with Crippen LogP contribution in [0.1, 0.15) is 0 Å². The molecule has 0 aliphatic rings. The van der Waals surface area contributed by atoms with Gasteiger partial charge < -0.3 is 14.5 Å². The van der Waals surface area contributed by atoms with E-state index in [1.165, 1.54) is 80.6 Å². The maximum absolute atomic E-state index is 3.24. The molecule has 0 unspecified atom stereocenters. The monoisotopic (exact) mass is 619 g/mol. The van der Waals surface area contributed by atoms with E-state index in [4.69, 9.17) is 0 Å². The van der Waals surface area contributed by atoms with Crippen LogP contribution >= 0.6 is 11.3 Å². The second-order valence-electron chi connectivity index (χ2n) is 12.2. The van der Waals surface area contributed by atoms with Gasteiger partial charge >= 0.3 is 0 Å². The topological polar surface area (TPSA) is 21.9 Å². The van der Waals surface area contributed by atoms with E-state index in [0.717, 1.165) is 11.4 Å². The molecule has 10 rings (SSSR count). The van der Waals surface area contributed by atoms with Gasteiger partial charge in [0.05, 0.1) is 32.5 Å². The van der Waals surface area contributed by atoms with Gasteiger partial charge in [-0.25, -0.2) is 0 Å². The van der Waals surface area contributed by atoms with Gasteiger partial charge in [-0.2, -0.15) is 0 Å². The molecule has 222 valence electrons. The van der Waals surface area contributed by atoms with Crippen LogP contribution < -0.4 is 5.32 Å². The van der Waals surface area contributed by atoms with Gasteiger partial charge in [-0.15, -0.1) is 11.3 Å². The average Bonchev–Trinajstić information content (AvgIpc) is 3.79. The van der Waals surface area contributed by atoms with Gasteiger partial charge in [-0.1, -0.05) is 78.9 Å². The molecule has 3 heterocycles. The van der Waals surface area contributed by atoms with Crippen LogP contribution in [0.4, 0.5) is 5.69 Å². The summed E-state index contributed by atoms with van der Waals surface area (Å²) in [5.41, 5.74) is 10.8. The summed E-state index contributed by atoms with van der Waals surface area (Å²) in [7, 11) is 1.96. The van der Waals surface area contributed by atoms with E-state index in [-0.39, 0.29) is 0 Å². The first kappa shape index (κ1) is 26.4. The smallest absolute Gasteiger partial charge is 0.0640 e. The fourth-order valence-electron chi connectivity index (χ4n) is 7.53. The molecule has 4 heteroatoms. The third-order valence-corrected chi connectivity index (χ3v) is 10.9. The number of rotatable bonds is 4. The number of fused-ring (bicyclic) bond motifs is 9. The molecule has 0 fully saturated rings. The molecule has 0 bridgehead atoms. The van der Waals surface area contributed by atoms with Gasteiger partial charge in [-0.3, -0.25) is 0 Å². The van der Waals surface area contributed by atoms with Crippen molar-refractivity contribution in [3.63, 3.8) is 0 Å². The quantitative estimate of drug-likeness (QED) is 0.208. The highest BCUT2D eigenvalue weighted by molar-refractivity contribution is 7.26. The van der Waals surface area contributed by atoms with Crippen LogP contribution in [0.3, 0.4) is 0 Å². The molecule has 0 saturated carbocycles. The van der Waals surface area contributed by atoms with E-state index in [2.05, 4.69) is 166 Å². The van der Waals surface area contributed by atoms with Gasteiger partial charge in [0.1, 0.15) is 0 Å². The molecule has 0 radical (unpaired) electrons.